The smallest absolute Gasteiger partial charge is 0.410 e. The predicted molar refractivity (Wildman–Crippen MR) is 162 cm³/mol. The molecule has 0 aromatic heterocycles. The summed E-state index contributed by atoms with van der Waals surface area (Å²) in [4.78, 5) is 58.0. The number of nitrogens with two attached hydrogens (primary N) is 1. The molecule has 2 aliphatic rings. The van der Waals surface area contributed by atoms with Crippen LogP contribution in [0.4, 0.5) is 9.59 Å². The summed E-state index contributed by atoms with van der Waals surface area (Å²) in [5.41, 5.74) is 6.74. The number of carbonyl (C=O) groups excluding carboxylic acids is 4. The Labute approximate surface area is 254 Å². The van der Waals surface area contributed by atoms with E-state index in [9.17, 15) is 19.2 Å². The first kappa shape index (κ1) is 31.8. The first-order valence-corrected chi connectivity index (χ1v) is 15.1. The van der Waals surface area contributed by atoms with Crippen molar-refractivity contribution in [2.45, 2.75) is 77.2 Å². The molecule has 2 fully saturated rings. The van der Waals surface area contributed by atoms with Crippen LogP contribution in [0, 0.1) is 5.92 Å². The molecule has 3 atom stereocenters. The predicted octanol–water partition coefficient (Wildman–Crippen LogP) is 4.36. The summed E-state index contributed by atoms with van der Waals surface area (Å²) in [7, 11) is 0. The summed E-state index contributed by atoms with van der Waals surface area (Å²) in [6, 6.07) is 17.2. The lowest BCUT2D eigenvalue weighted by atomic mass is 9.95. The minimum absolute atomic E-state index is 0.0464. The molecule has 2 aromatic carbocycles. The number of primary amides is 1. The molecule has 0 spiro atoms. The first-order chi connectivity index (χ1) is 20.5. The van der Waals surface area contributed by atoms with Crippen LogP contribution in [-0.4, -0.2) is 82.6 Å². The Hall–Kier alpha value is -4.08. The number of carbonyl (C=O) groups is 4. The van der Waals surface area contributed by atoms with E-state index in [2.05, 4.69) is 0 Å². The van der Waals surface area contributed by atoms with Gasteiger partial charge in [-0.3, -0.25) is 14.5 Å². The monoisotopic (exact) mass is 592 g/mol. The normalized spacial score (nSPS) is 19.4. The molecule has 1 unspecified atom stereocenters. The van der Waals surface area contributed by atoms with Crippen molar-refractivity contribution in [1.82, 2.24) is 14.7 Å². The molecule has 4 amide bonds. The van der Waals surface area contributed by atoms with Gasteiger partial charge in [0, 0.05) is 32.6 Å². The number of ether oxygens (including phenoxy) is 2. The number of likely N-dealkylation sites (tertiary alicyclic amines) is 2. The van der Waals surface area contributed by atoms with Crippen LogP contribution in [0.5, 0.6) is 0 Å². The van der Waals surface area contributed by atoms with Crippen LogP contribution < -0.4 is 5.73 Å². The van der Waals surface area contributed by atoms with Crippen molar-refractivity contribution in [3.8, 4) is 0 Å². The van der Waals surface area contributed by atoms with Crippen LogP contribution in [0.15, 0.2) is 60.7 Å². The maximum Gasteiger partial charge on any atom is 0.410 e. The summed E-state index contributed by atoms with van der Waals surface area (Å²) in [5.74, 6) is -0.994. The van der Waals surface area contributed by atoms with E-state index in [4.69, 9.17) is 15.2 Å². The zero-order chi connectivity index (χ0) is 31.0. The van der Waals surface area contributed by atoms with Crippen LogP contribution in [-0.2, 0) is 32.1 Å². The zero-order valence-corrected chi connectivity index (χ0v) is 25.4. The summed E-state index contributed by atoms with van der Waals surface area (Å²) in [6.45, 7) is 7.06. The molecule has 2 N–H and O–H groups in total. The van der Waals surface area contributed by atoms with Crippen LogP contribution >= 0.6 is 0 Å². The highest BCUT2D eigenvalue weighted by Crippen LogP contribution is 2.26. The lowest BCUT2D eigenvalue weighted by molar-refractivity contribution is -0.141. The molecule has 10 heteroatoms. The molecule has 2 heterocycles. The maximum atomic E-state index is 14.2. The van der Waals surface area contributed by atoms with Crippen molar-refractivity contribution in [3.05, 3.63) is 71.8 Å². The van der Waals surface area contributed by atoms with Crippen molar-refractivity contribution >= 4 is 24.0 Å². The van der Waals surface area contributed by atoms with Crippen molar-refractivity contribution in [3.63, 3.8) is 0 Å². The Morgan fingerprint density at radius 2 is 1.56 bits per heavy atom. The third-order valence-electron chi connectivity index (χ3n) is 7.86. The molecule has 232 valence electrons. The van der Waals surface area contributed by atoms with E-state index in [0.29, 0.717) is 32.5 Å². The molecule has 0 radical (unpaired) electrons. The van der Waals surface area contributed by atoms with Gasteiger partial charge in [0.25, 0.3) is 0 Å². The van der Waals surface area contributed by atoms with Gasteiger partial charge in [-0.1, -0.05) is 60.7 Å². The Morgan fingerprint density at radius 3 is 2.19 bits per heavy atom. The third-order valence-corrected chi connectivity index (χ3v) is 7.86. The minimum atomic E-state index is -0.928. The highest BCUT2D eigenvalue weighted by molar-refractivity contribution is 5.91. The topological polar surface area (TPSA) is 122 Å². The van der Waals surface area contributed by atoms with Gasteiger partial charge >= 0.3 is 12.2 Å². The summed E-state index contributed by atoms with van der Waals surface area (Å²) in [5, 5.41) is 0. The number of nitrogens with zero attached hydrogens (tertiary/aromatic N) is 3. The number of rotatable bonds is 9. The molecule has 0 aliphatic carbocycles. The van der Waals surface area contributed by atoms with Gasteiger partial charge in [0.05, 0.1) is 0 Å². The Kier molecular flexibility index (Phi) is 10.7. The Morgan fingerprint density at radius 1 is 0.930 bits per heavy atom. The molecule has 10 nitrogen and oxygen atoms in total. The first-order valence-electron chi connectivity index (χ1n) is 15.1. The minimum Gasteiger partial charge on any atom is -0.445 e. The van der Waals surface area contributed by atoms with Gasteiger partial charge in [-0.25, -0.2) is 9.59 Å². The van der Waals surface area contributed by atoms with Crippen molar-refractivity contribution in [2.75, 3.05) is 26.2 Å². The third kappa shape index (κ3) is 8.95. The largest absolute Gasteiger partial charge is 0.445 e. The van der Waals surface area contributed by atoms with Crippen molar-refractivity contribution < 1.29 is 28.7 Å². The van der Waals surface area contributed by atoms with Gasteiger partial charge in [0.15, 0.2) is 0 Å². The van der Waals surface area contributed by atoms with Crippen LogP contribution in [0.3, 0.4) is 0 Å². The van der Waals surface area contributed by atoms with Gasteiger partial charge in [-0.05, 0) is 63.5 Å². The van der Waals surface area contributed by atoms with E-state index in [-0.39, 0.29) is 31.4 Å². The fraction of sp³-hybridized carbons (Fsp3) is 0.515. The highest BCUT2D eigenvalue weighted by Gasteiger charge is 2.41. The van der Waals surface area contributed by atoms with Gasteiger partial charge in [-0.15, -0.1) is 0 Å². The van der Waals surface area contributed by atoms with E-state index >= 15 is 0 Å². The average Bonchev–Trinajstić information content (AvgIpc) is 3.48. The molecular weight excluding hydrogens is 548 g/mol. The molecular formula is C33H44N4O6. The standard InChI is InChI=1S/C33H44N4O6/c1-33(2,3)43-31(40)35-18-10-16-26(21-35)22-37(32(41)42-23-25-14-8-5-9-15-25)28(20-24-12-6-4-7-13-24)30(39)36-19-11-17-27(36)29(34)38/h4-9,12-15,26-28H,10-11,16-23H2,1-3H3,(H2,34,38)/t26?,27-,28+/m0/s1. The lowest BCUT2D eigenvalue weighted by Crippen LogP contribution is -2.57. The number of benzene rings is 2. The Balaban J connectivity index is 1.63. The summed E-state index contributed by atoms with van der Waals surface area (Å²) in [6.07, 6.45) is 1.88. The van der Waals surface area contributed by atoms with Gasteiger partial charge in [0.1, 0.15) is 24.3 Å². The summed E-state index contributed by atoms with van der Waals surface area (Å²) < 4.78 is 11.4. The second kappa shape index (κ2) is 14.4. The van der Waals surface area contributed by atoms with Crippen LogP contribution in [0.1, 0.15) is 57.6 Å². The fourth-order valence-corrected chi connectivity index (χ4v) is 5.80. The second-order valence-electron chi connectivity index (χ2n) is 12.4. The van der Waals surface area contributed by atoms with E-state index in [1.165, 1.54) is 9.80 Å². The second-order valence-corrected chi connectivity index (χ2v) is 12.4. The molecule has 0 saturated carbocycles. The van der Waals surface area contributed by atoms with E-state index in [1.54, 1.807) is 4.90 Å². The maximum absolute atomic E-state index is 14.2. The molecule has 2 saturated heterocycles. The van der Waals surface area contributed by atoms with Crippen LogP contribution in [0.25, 0.3) is 0 Å². The highest BCUT2D eigenvalue weighted by atomic mass is 16.6. The fourth-order valence-electron chi connectivity index (χ4n) is 5.80. The summed E-state index contributed by atoms with van der Waals surface area (Å²) >= 11 is 0. The lowest BCUT2D eigenvalue weighted by Gasteiger charge is -2.39. The molecule has 4 rings (SSSR count). The van der Waals surface area contributed by atoms with E-state index in [1.807, 2.05) is 81.4 Å². The van der Waals surface area contributed by atoms with Gasteiger partial charge < -0.3 is 25.0 Å². The molecule has 43 heavy (non-hydrogen) atoms. The number of hydrogen-bond acceptors (Lipinski definition) is 6. The molecule has 2 aliphatic heterocycles. The molecule has 0 bridgehead atoms. The van der Waals surface area contributed by atoms with E-state index < -0.39 is 35.8 Å². The number of piperidine rings is 1. The zero-order valence-electron chi connectivity index (χ0n) is 25.4. The van der Waals surface area contributed by atoms with Crippen LogP contribution in [0.2, 0.25) is 0 Å². The quantitative estimate of drug-likeness (QED) is 0.462. The number of amides is 4. The average molecular weight is 593 g/mol. The van der Waals surface area contributed by atoms with E-state index in [0.717, 1.165) is 24.0 Å². The molecule has 2 aromatic rings. The van der Waals surface area contributed by atoms with Crippen molar-refractivity contribution in [2.24, 2.45) is 11.7 Å². The van der Waals surface area contributed by atoms with Gasteiger partial charge in [0.2, 0.25) is 11.8 Å². The van der Waals surface area contributed by atoms with Gasteiger partial charge in [-0.2, -0.15) is 0 Å². The Bertz CT molecular complexity index is 1250. The van der Waals surface area contributed by atoms with Crippen molar-refractivity contribution in [1.29, 1.82) is 0 Å². The number of hydrogen-bond donors (Lipinski definition) is 1. The SMILES string of the molecule is CC(C)(C)OC(=O)N1CCCC(CN(C(=O)OCc2ccccc2)[C@H](Cc2ccccc2)C(=O)N2CCC[C@H]2C(N)=O)C1.